The normalized spacial score (nSPS) is 12.7. The second-order valence-corrected chi connectivity index (χ2v) is 21.1. The van der Waals surface area contributed by atoms with Crippen LogP contribution in [0.4, 0.5) is 50.4 Å². The third-order valence-electron chi connectivity index (χ3n) is 10.4. The van der Waals surface area contributed by atoms with Gasteiger partial charge in [-0.05, 0) is 219 Å². The number of aryl methyl sites for hydroxylation is 9. The summed E-state index contributed by atoms with van der Waals surface area (Å²) in [7, 11) is -21.3. The topological polar surface area (TPSA) is 116 Å². The van der Waals surface area contributed by atoms with E-state index in [0.29, 0.717) is 0 Å². The van der Waals surface area contributed by atoms with Crippen LogP contribution in [0.15, 0.2) is 184 Å². The molecular formula is C54H51F12FeN9P2+. The van der Waals surface area contributed by atoms with Crippen LogP contribution in [0.2, 0.25) is 0 Å². The molecule has 9 rings (SSSR count). The Bertz CT molecular complexity index is 2950. The summed E-state index contributed by atoms with van der Waals surface area (Å²) in [6.07, 6.45) is 28.1. The number of nitrogens with zero attached hydrogens (tertiary/aromatic N) is 9. The predicted octanol–water partition coefficient (Wildman–Crippen LogP) is 17.7. The molecule has 9 heterocycles. The van der Waals surface area contributed by atoms with E-state index in [-0.39, 0.29) is 17.1 Å². The van der Waals surface area contributed by atoms with E-state index in [1.54, 1.807) is 0 Å². The van der Waals surface area contributed by atoms with Crippen LogP contribution in [0.3, 0.4) is 0 Å². The first-order chi connectivity index (χ1) is 35.8. The average Bonchev–Trinajstić information content (AvgIpc) is 3.38. The van der Waals surface area contributed by atoms with E-state index in [4.69, 9.17) is 0 Å². The Balaban J connectivity index is 0.000000223. The van der Waals surface area contributed by atoms with E-state index in [9.17, 15) is 50.4 Å². The number of halogens is 12. The van der Waals surface area contributed by atoms with Gasteiger partial charge in [-0.25, -0.2) is 0 Å². The molecule has 1 radical (unpaired) electrons. The van der Waals surface area contributed by atoms with Crippen molar-refractivity contribution in [3.63, 3.8) is 0 Å². The Labute approximate surface area is 453 Å². The number of aromatic nitrogens is 9. The zero-order valence-electron chi connectivity index (χ0n) is 41.9. The van der Waals surface area contributed by atoms with Crippen molar-refractivity contribution < 1.29 is 67.4 Å². The van der Waals surface area contributed by atoms with Crippen molar-refractivity contribution in [2.45, 2.75) is 59.3 Å². The van der Waals surface area contributed by atoms with Crippen LogP contribution in [0.25, 0.3) is 34.2 Å². The average molecular weight is 1170 g/mol. The Morgan fingerprint density at radius 2 is 0.423 bits per heavy atom. The minimum absolute atomic E-state index is 0. The van der Waals surface area contributed by atoms with Crippen LogP contribution < -0.4 is 0 Å². The molecule has 0 aliphatic rings. The van der Waals surface area contributed by atoms with Crippen LogP contribution in [0.1, 0.15) is 50.1 Å². The number of hydrogen-bond donors (Lipinski definition) is 0. The molecule has 0 amide bonds. The van der Waals surface area contributed by atoms with Gasteiger partial charge in [0.15, 0.2) is 0 Å². The summed E-state index contributed by atoms with van der Waals surface area (Å²) >= 11 is 0. The van der Waals surface area contributed by atoms with Crippen molar-refractivity contribution in [1.82, 2.24) is 44.9 Å². The van der Waals surface area contributed by atoms with Crippen LogP contribution in [0.5, 0.6) is 0 Å². The molecule has 0 atom stereocenters. The smallest absolute Gasteiger partial charge is 3.00 e. The van der Waals surface area contributed by atoms with Crippen LogP contribution in [0, 0.1) is 20.8 Å². The molecule has 0 aliphatic carbocycles. The molecule has 0 saturated heterocycles. The van der Waals surface area contributed by atoms with Crippen LogP contribution in [-0.2, 0) is 55.6 Å². The quantitative estimate of drug-likeness (QED) is 0.0670. The van der Waals surface area contributed by atoms with Crippen molar-refractivity contribution in [3.05, 3.63) is 234 Å². The van der Waals surface area contributed by atoms with E-state index >= 15 is 0 Å². The summed E-state index contributed by atoms with van der Waals surface area (Å²) in [5.74, 6) is 0. The summed E-state index contributed by atoms with van der Waals surface area (Å²) in [6.45, 7) is 6.20. The maximum absolute atomic E-state index is 10.7. The summed E-state index contributed by atoms with van der Waals surface area (Å²) in [4.78, 5) is 38.6. The molecular weight excluding hydrogens is 1120 g/mol. The van der Waals surface area contributed by atoms with E-state index < -0.39 is 15.6 Å². The van der Waals surface area contributed by atoms with Crippen LogP contribution >= 0.6 is 15.6 Å². The van der Waals surface area contributed by atoms with Crippen molar-refractivity contribution in [2.75, 3.05) is 0 Å². The van der Waals surface area contributed by atoms with Crippen molar-refractivity contribution >= 4 is 15.6 Å². The van der Waals surface area contributed by atoms with Gasteiger partial charge in [-0.2, -0.15) is 0 Å². The van der Waals surface area contributed by atoms with E-state index in [1.165, 1.54) is 50.1 Å². The standard InChI is InChI=1S/3C18H17N3.2F6P.Fe/c3*1-14-4-10-20-17(12-14)18-13-16(7-11-21-18)3-2-15-5-8-19-9-6-15;2*1-7(2,3,4,5)6;/h3*4-13H,2-3H2,1H3;;;/q;;;2*-1;+3. The Morgan fingerprint density at radius 3 is 0.628 bits per heavy atom. The van der Waals surface area contributed by atoms with Crippen molar-refractivity contribution in [2.24, 2.45) is 0 Å². The van der Waals surface area contributed by atoms with Gasteiger partial charge in [-0.3, -0.25) is 44.9 Å². The first-order valence-electron chi connectivity index (χ1n) is 23.3. The van der Waals surface area contributed by atoms with Gasteiger partial charge in [-0.15, -0.1) is 0 Å². The Hall–Kier alpha value is -7.11. The molecule has 0 aliphatic heterocycles. The van der Waals surface area contributed by atoms with Gasteiger partial charge in [0.05, 0.1) is 34.2 Å². The van der Waals surface area contributed by atoms with Gasteiger partial charge < -0.3 is 0 Å². The molecule has 78 heavy (non-hydrogen) atoms. The molecule has 0 saturated carbocycles. The molecule has 0 unspecified atom stereocenters. The van der Waals surface area contributed by atoms with Gasteiger partial charge in [0.2, 0.25) is 0 Å². The molecule has 24 heteroatoms. The molecule has 0 N–H and O–H groups in total. The van der Waals surface area contributed by atoms with Gasteiger partial charge >= 0.3 is 83.0 Å². The van der Waals surface area contributed by atoms with Gasteiger partial charge in [-0.1, -0.05) is 0 Å². The fraction of sp³-hybridized carbons (Fsp3) is 0.167. The number of hydrogen-bond acceptors (Lipinski definition) is 9. The fourth-order valence-electron chi connectivity index (χ4n) is 6.85. The van der Waals surface area contributed by atoms with Crippen LogP contribution in [-0.4, -0.2) is 44.9 Å². The third kappa shape index (κ3) is 29.4. The monoisotopic (exact) mass is 1170 g/mol. The summed E-state index contributed by atoms with van der Waals surface area (Å²) < 4.78 is 118. The zero-order valence-corrected chi connectivity index (χ0v) is 44.8. The molecule has 9 aromatic heterocycles. The first-order valence-corrected chi connectivity index (χ1v) is 27.3. The predicted molar refractivity (Wildman–Crippen MR) is 279 cm³/mol. The molecule has 0 aromatic carbocycles. The van der Waals surface area contributed by atoms with E-state index in [1.807, 2.05) is 92.6 Å². The Kier molecular flexibility index (Phi) is 21.2. The molecule has 0 bridgehead atoms. The third-order valence-corrected chi connectivity index (χ3v) is 10.4. The van der Waals surface area contributed by atoms with Crippen molar-refractivity contribution in [1.29, 1.82) is 0 Å². The maximum atomic E-state index is 9.87. The second-order valence-electron chi connectivity index (χ2n) is 17.3. The fourth-order valence-corrected chi connectivity index (χ4v) is 6.85. The summed E-state index contributed by atoms with van der Waals surface area (Å²) in [6, 6.07) is 37.1. The van der Waals surface area contributed by atoms with Gasteiger partial charge in [0.25, 0.3) is 0 Å². The number of pyridine rings is 9. The molecule has 9 aromatic rings. The second kappa shape index (κ2) is 26.0. The molecule has 0 spiro atoms. The molecule has 0 fully saturated rings. The number of rotatable bonds is 12. The van der Waals surface area contributed by atoms with E-state index in [0.717, 1.165) is 72.7 Å². The van der Waals surface area contributed by atoms with Crippen molar-refractivity contribution in [3.8, 4) is 34.2 Å². The summed E-state index contributed by atoms with van der Waals surface area (Å²) in [5.41, 5.74) is 16.9. The minimum atomic E-state index is -10.7. The summed E-state index contributed by atoms with van der Waals surface area (Å²) in [5, 5.41) is 0. The first kappa shape index (κ1) is 63.4. The Morgan fingerprint density at radius 1 is 0.256 bits per heavy atom. The van der Waals surface area contributed by atoms with Gasteiger partial charge in [0.1, 0.15) is 0 Å². The van der Waals surface area contributed by atoms with E-state index in [2.05, 4.69) is 157 Å². The zero-order chi connectivity index (χ0) is 56.3. The molecule has 9 nitrogen and oxygen atoms in total. The van der Waals surface area contributed by atoms with Gasteiger partial charge in [0, 0.05) is 74.4 Å². The SMILES string of the molecule is Cc1ccnc(-c2cc(CCc3ccncc3)ccn2)c1.Cc1ccnc(-c2cc(CCc3ccncc3)ccn2)c1.Cc1ccnc(-c2cc(CCc3ccncc3)ccn2)c1.F[P-](F)(F)(F)(F)F.F[P-](F)(F)(F)(F)F.[Fe+3]. The maximum Gasteiger partial charge on any atom is 3.00 e. The largest absolute Gasteiger partial charge is 3.00 e. The minimum Gasteiger partial charge on any atom is 3.00 e. The molecule has 413 valence electrons.